The Morgan fingerprint density at radius 3 is 2.78 bits per heavy atom. The maximum absolute atomic E-state index is 13.8. The quantitative estimate of drug-likeness (QED) is 0.863. The van der Waals surface area contributed by atoms with Crippen LogP contribution < -0.4 is 10.1 Å². The van der Waals surface area contributed by atoms with Gasteiger partial charge in [0.1, 0.15) is 0 Å². The molecule has 23 heavy (non-hydrogen) atoms. The number of aliphatic carboxylic acids is 1. The molecule has 7 heteroatoms. The molecule has 1 aliphatic heterocycles. The second kappa shape index (κ2) is 7.41. The summed E-state index contributed by atoms with van der Waals surface area (Å²) in [6.07, 6.45) is 1.11. The van der Waals surface area contributed by atoms with Crippen molar-refractivity contribution in [2.45, 2.75) is 31.9 Å². The topological polar surface area (TPSA) is 84.9 Å². The molecule has 1 amide bonds. The predicted octanol–water partition coefficient (Wildman–Crippen LogP) is 1.89. The molecular weight excluding hydrogens is 305 g/mol. The molecule has 2 rings (SSSR count). The van der Waals surface area contributed by atoms with Gasteiger partial charge in [-0.15, -0.1) is 0 Å². The Morgan fingerprint density at radius 1 is 1.48 bits per heavy atom. The smallest absolute Gasteiger partial charge is 0.330 e. The summed E-state index contributed by atoms with van der Waals surface area (Å²) in [6.45, 7) is 2.38. The van der Waals surface area contributed by atoms with E-state index in [0.717, 1.165) is 12.5 Å². The van der Waals surface area contributed by atoms with Gasteiger partial charge in [0, 0.05) is 6.61 Å². The number of amides is 1. The van der Waals surface area contributed by atoms with Crippen LogP contribution in [-0.4, -0.2) is 36.8 Å². The number of rotatable bonds is 5. The molecule has 0 spiro atoms. The zero-order valence-electron chi connectivity index (χ0n) is 13.0. The van der Waals surface area contributed by atoms with Gasteiger partial charge in [-0.1, -0.05) is 6.07 Å². The van der Waals surface area contributed by atoms with Crippen LogP contribution >= 0.6 is 0 Å². The minimum Gasteiger partial charge on any atom is -0.494 e. The standard InChI is InChI=1S/C16H20FNO5/c1-9-11(4-3-7-23-9)15(19)18-14(16(20)21)10-5-6-13(22-2)12(17)8-10/h5-6,8-9,11,14H,3-4,7H2,1-2H3,(H,18,19)(H,20,21). The molecule has 0 saturated carbocycles. The maximum Gasteiger partial charge on any atom is 0.330 e. The van der Waals surface area contributed by atoms with Crippen molar-refractivity contribution < 1.29 is 28.6 Å². The van der Waals surface area contributed by atoms with E-state index in [1.165, 1.54) is 19.2 Å². The van der Waals surface area contributed by atoms with Crippen molar-refractivity contribution in [3.8, 4) is 5.75 Å². The molecular formula is C16H20FNO5. The van der Waals surface area contributed by atoms with Crippen LogP contribution in [0.3, 0.4) is 0 Å². The molecule has 126 valence electrons. The number of hydrogen-bond acceptors (Lipinski definition) is 4. The van der Waals surface area contributed by atoms with Crippen LogP contribution in [0, 0.1) is 11.7 Å². The molecule has 1 aromatic carbocycles. The van der Waals surface area contributed by atoms with E-state index in [-0.39, 0.29) is 17.4 Å². The van der Waals surface area contributed by atoms with Crippen molar-refractivity contribution in [2.24, 2.45) is 5.92 Å². The van der Waals surface area contributed by atoms with Crippen molar-refractivity contribution >= 4 is 11.9 Å². The fraction of sp³-hybridized carbons (Fsp3) is 0.500. The average Bonchev–Trinajstić information content (AvgIpc) is 2.52. The van der Waals surface area contributed by atoms with Gasteiger partial charge in [0.15, 0.2) is 17.6 Å². The SMILES string of the molecule is COc1ccc(C(NC(=O)C2CCCOC2C)C(=O)O)cc1F. The molecule has 0 aliphatic carbocycles. The highest BCUT2D eigenvalue weighted by Crippen LogP contribution is 2.25. The molecule has 3 atom stereocenters. The van der Waals surface area contributed by atoms with Gasteiger partial charge >= 0.3 is 5.97 Å². The van der Waals surface area contributed by atoms with Gasteiger partial charge in [0.05, 0.1) is 19.1 Å². The third kappa shape index (κ3) is 3.98. The molecule has 1 aliphatic rings. The summed E-state index contributed by atoms with van der Waals surface area (Å²) >= 11 is 0. The van der Waals surface area contributed by atoms with Crippen molar-refractivity contribution in [2.75, 3.05) is 13.7 Å². The van der Waals surface area contributed by atoms with E-state index in [2.05, 4.69) is 5.32 Å². The van der Waals surface area contributed by atoms with E-state index in [1.807, 2.05) is 0 Å². The minimum atomic E-state index is -1.32. The van der Waals surface area contributed by atoms with Crippen molar-refractivity contribution in [1.82, 2.24) is 5.32 Å². The Labute approximate surface area is 133 Å². The fourth-order valence-corrected chi connectivity index (χ4v) is 2.67. The van der Waals surface area contributed by atoms with Crippen LogP contribution in [-0.2, 0) is 14.3 Å². The minimum absolute atomic E-state index is 0.0125. The van der Waals surface area contributed by atoms with E-state index >= 15 is 0 Å². The monoisotopic (exact) mass is 325 g/mol. The van der Waals surface area contributed by atoms with Crippen LogP contribution in [0.5, 0.6) is 5.75 Å². The zero-order chi connectivity index (χ0) is 17.0. The number of carboxylic acid groups (broad SMARTS) is 1. The Bertz CT molecular complexity index is 592. The number of halogens is 1. The number of carboxylic acids is 1. The number of benzene rings is 1. The van der Waals surface area contributed by atoms with Gasteiger partial charge in [-0.3, -0.25) is 4.79 Å². The number of carbonyl (C=O) groups excluding carboxylic acids is 1. The molecule has 1 fully saturated rings. The molecule has 6 nitrogen and oxygen atoms in total. The highest BCUT2D eigenvalue weighted by atomic mass is 19.1. The van der Waals surface area contributed by atoms with Gasteiger partial charge in [-0.05, 0) is 37.5 Å². The van der Waals surface area contributed by atoms with Gasteiger partial charge in [-0.25, -0.2) is 9.18 Å². The summed E-state index contributed by atoms with van der Waals surface area (Å²) in [6, 6.07) is 2.48. The van der Waals surface area contributed by atoms with Crippen LogP contribution in [0.2, 0.25) is 0 Å². The molecule has 3 unspecified atom stereocenters. The Morgan fingerprint density at radius 2 is 2.22 bits per heavy atom. The van der Waals surface area contributed by atoms with Crippen molar-refractivity contribution in [3.63, 3.8) is 0 Å². The zero-order valence-corrected chi connectivity index (χ0v) is 13.0. The highest BCUT2D eigenvalue weighted by Gasteiger charge is 2.32. The lowest BCUT2D eigenvalue weighted by Gasteiger charge is -2.29. The first-order valence-electron chi connectivity index (χ1n) is 7.42. The summed E-state index contributed by atoms with van der Waals surface area (Å²) in [4.78, 5) is 23.8. The van der Waals surface area contributed by atoms with E-state index in [9.17, 15) is 19.1 Å². The summed E-state index contributed by atoms with van der Waals surface area (Å²) < 4.78 is 24.0. The van der Waals surface area contributed by atoms with E-state index in [4.69, 9.17) is 9.47 Å². The molecule has 1 heterocycles. The first-order chi connectivity index (χ1) is 10.9. The lowest BCUT2D eigenvalue weighted by Crippen LogP contribution is -2.43. The van der Waals surface area contributed by atoms with E-state index in [1.54, 1.807) is 6.92 Å². The first-order valence-corrected chi connectivity index (χ1v) is 7.42. The van der Waals surface area contributed by atoms with Crippen LogP contribution in [0.4, 0.5) is 4.39 Å². The second-order valence-corrected chi connectivity index (χ2v) is 5.50. The average molecular weight is 325 g/mol. The van der Waals surface area contributed by atoms with Crippen LogP contribution in [0.1, 0.15) is 31.4 Å². The van der Waals surface area contributed by atoms with Crippen LogP contribution in [0.15, 0.2) is 18.2 Å². The lowest BCUT2D eigenvalue weighted by molar-refractivity contribution is -0.144. The Balaban J connectivity index is 2.17. The van der Waals surface area contributed by atoms with Gasteiger partial charge < -0.3 is 19.9 Å². The largest absolute Gasteiger partial charge is 0.494 e. The van der Waals surface area contributed by atoms with Gasteiger partial charge in [0.25, 0.3) is 0 Å². The molecule has 1 aromatic rings. The highest BCUT2D eigenvalue weighted by molar-refractivity contribution is 5.86. The van der Waals surface area contributed by atoms with Gasteiger partial charge in [0.2, 0.25) is 5.91 Å². The van der Waals surface area contributed by atoms with E-state index in [0.29, 0.717) is 13.0 Å². The summed E-state index contributed by atoms with van der Waals surface area (Å²) in [5.41, 5.74) is 0.147. The molecule has 0 radical (unpaired) electrons. The van der Waals surface area contributed by atoms with Crippen molar-refractivity contribution in [3.05, 3.63) is 29.6 Å². The number of methoxy groups -OCH3 is 1. The van der Waals surface area contributed by atoms with Crippen molar-refractivity contribution in [1.29, 1.82) is 0 Å². The first kappa shape index (κ1) is 17.2. The molecule has 2 N–H and O–H groups in total. The summed E-state index contributed by atoms with van der Waals surface area (Å²) in [5, 5.41) is 11.8. The normalized spacial score (nSPS) is 22.2. The second-order valence-electron chi connectivity index (χ2n) is 5.50. The summed E-state index contributed by atoms with van der Waals surface area (Å²) in [7, 11) is 1.32. The maximum atomic E-state index is 13.8. The Kier molecular flexibility index (Phi) is 5.54. The number of nitrogens with one attached hydrogen (secondary N) is 1. The van der Waals surface area contributed by atoms with Crippen LogP contribution in [0.25, 0.3) is 0 Å². The molecule has 0 aromatic heterocycles. The lowest BCUT2D eigenvalue weighted by atomic mass is 9.93. The van der Waals surface area contributed by atoms with E-state index < -0.39 is 29.7 Å². The number of ether oxygens (including phenoxy) is 2. The van der Waals surface area contributed by atoms with Gasteiger partial charge in [-0.2, -0.15) is 0 Å². The summed E-state index contributed by atoms with van der Waals surface area (Å²) in [5.74, 6) is -2.74. The third-order valence-electron chi connectivity index (χ3n) is 3.99. The third-order valence-corrected chi connectivity index (χ3v) is 3.99. The molecule has 1 saturated heterocycles. The fourth-order valence-electron chi connectivity index (χ4n) is 2.67. The predicted molar refractivity (Wildman–Crippen MR) is 79.6 cm³/mol. The number of hydrogen-bond donors (Lipinski definition) is 2. The molecule has 0 bridgehead atoms. The number of carbonyl (C=O) groups is 2. The Hall–Kier alpha value is -2.15.